The van der Waals surface area contributed by atoms with Gasteiger partial charge in [0.2, 0.25) is 0 Å². The highest BCUT2D eigenvalue weighted by Crippen LogP contribution is 2.37. The van der Waals surface area contributed by atoms with Gasteiger partial charge >= 0.3 is 0 Å². The van der Waals surface area contributed by atoms with E-state index in [1.807, 2.05) is 26.0 Å². The fourth-order valence-corrected chi connectivity index (χ4v) is 5.53. The second kappa shape index (κ2) is 8.59. The Balaban J connectivity index is 1.62. The lowest BCUT2D eigenvalue weighted by molar-refractivity contribution is 0.0892. The van der Waals surface area contributed by atoms with E-state index in [2.05, 4.69) is 29.5 Å². The maximum atomic E-state index is 14.7. The van der Waals surface area contributed by atoms with Crippen LogP contribution in [0.3, 0.4) is 0 Å². The second-order valence-corrected chi connectivity index (χ2v) is 9.94. The van der Waals surface area contributed by atoms with Crippen molar-refractivity contribution in [2.24, 2.45) is 0 Å². The molecule has 1 amide bonds. The highest BCUT2D eigenvalue weighted by molar-refractivity contribution is 5.97. The van der Waals surface area contributed by atoms with Gasteiger partial charge in [0.1, 0.15) is 11.6 Å². The molecule has 1 aliphatic rings. The molecule has 0 aliphatic heterocycles. The molecule has 180 valence electrons. The van der Waals surface area contributed by atoms with Crippen LogP contribution in [0.25, 0.3) is 16.6 Å². The molecule has 1 unspecified atom stereocenters. The molecule has 4 nitrogen and oxygen atoms in total. The normalized spacial score (nSPS) is 17.6. The number of rotatable bonds is 4. The van der Waals surface area contributed by atoms with Gasteiger partial charge in [-0.3, -0.25) is 4.79 Å². The van der Waals surface area contributed by atoms with Crippen LogP contribution in [0.5, 0.6) is 0 Å². The minimum Gasteiger partial charge on any atom is -0.343 e. The number of aromatic nitrogens is 2. The van der Waals surface area contributed by atoms with Crippen molar-refractivity contribution in [3.8, 4) is 11.1 Å². The highest BCUT2D eigenvalue weighted by atomic mass is 19.1. The molecule has 0 bridgehead atoms. The second-order valence-electron chi connectivity index (χ2n) is 9.94. The molecule has 0 spiro atoms. The lowest BCUT2D eigenvalue weighted by Gasteiger charge is -2.37. The number of nitrogens with one attached hydrogen (secondary N) is 1. The molecule has 2 aromatic heterocycles. The Morgan fingerprint density at radius 1 is 1.03 bits per heavy atom. The van der Waals surface area contributed by atoms with Crippen molar-refractivity contribution in [2.75, 3.05) is 0 Å². The Morgan fingerprint density at radius 3 is 2.46 bits per heavy atom. The fourth-order valence-electron chi connectivity index (χ4n) is 5.53. The third kappa shape index (κ3) is 3.81. The predicted molar refractivity (Wildman–Crippen MR) is 134 cm³/mol. The van der Waals surface area contributed by atoms with E-state index in [0.717, 1.165) is 24.8 Å². The van der Waals surface area contributed by atoms with Crippen LogP contribution in [-0.4, -0.2) is 15.5 Å². The van der Waals surface area contributed by atoms with Gasteiger partial charge in [0.25, 0.3) is 5.91 Å². The smallest absolute Gasteiger partial charge is 0.253 e. The lowest BCUT2D eigenvalue weighted by atomic mass is 9.77. The fraction of sp³-hybridized carbons (Fsp3) is 0.310. The van der Waals surface area contributed by atoms with Crippen LogP contribution >= 0.6 is 0 Å². The topological polar surface area (TPSA) is 46.4 Å². The maximum absolute atomic E-state index is 14.7. The van der Waals surface area contributed by atoms with Gasteiger partial charge in [-0.05, 0) is 74.4 Å². The molecule has 2 aromatic carbocycles. The summed E-state index contributed by atoms with van der Waals surface area (Å²) in [6.45, 7) is 7.79. The van der Waals surface area contributed by atoms with Crippen molar-refractivity contribution in [1.29, 1.82) is 0 Å². The number of benzene rings is 2. The summed E-state index contributed by atoms with van der Waals surface area (Å²) in [7, 11) is 0. The van der Waals surface area contributed by atoms with E-state index in [1.165, 1.54) is 23.8 Å². The van der Waals surface area contributed by atoms with Crippen LogP contribution in [-0.2, 0) is 12.0 Å². The highest BCUT2D eigenvalue weighted by Gasteiger charge is 2.34. The minimum atomic E-state index is -0.639. The summed E-state index contributed by atoms with van der Waals surface area (Å²) in [6.07, 6.45) is 2.86. The van der Waals surface area contributed by atoms with E-state index in [4.69, 9.17) is 0 Å². The molecule has 1 N–H and O–H groups in total. The first-order valence-electron chi connectivity index (χ1n) is 12.1. The Labute approximate surface area is 204 Å². The SMILES string of the molecule is Cc1nn2c(C(C)C)c(C(=O)NC3(C)CCCc4ccccc43)ccc2c1-c1c(F)cccc1F. The molecule has 0 fully saturated rings. The molecule has 2 heterocycles. The maximum Gasteiger partial charge on any atom is 0.253 e. The molecule has 0 radical (unpaired) electrons. The van der Waals surface area contributed by atoms with E-state index < -0.39 is 17.2 Å². The van der Waals surface area contributed by atoms with Crippen LogP contribution in [0.15, 0.2) is 54.6 Å². The molecule has 5 rings (SSSR count). The number of amides is 1. The van der Waals surface area contributed by atoms with Crippen LogP contribution in [0.4, 0.5) is 8.78 Å². The number of hydrogen-bond acceptors (Lipinski definition) is 2. The van der Waals surface area contributed by atoms with Crippen molar-refractivity contribution < 1.29 is 13.6 Å². The van der Waals surface area contributed by atoms with Gasteiger partial charge in [-0.15, -0.1) is 0 Å². The van der Waals surface area contributed by atoms with Gasteiger partial charge in [0.15, 0.2) is 0 Å². The summed E-state index contributed by atoms with van der Waals surface area (Å²) in [6, 6.07) is 15.6. The van der Waals surface area contributed by atoms with E-state index >= 15 is 0 Å². The van der Waals surface area contributed by atoms with Gasteiger partial charge in [-0.25, -0.2) is 13.3 Å². The van der Waals surface area contributed by atoms with Crippen LogP contribution in [0.1, 0.15) is 72.4 Å². The molecule has 0 saturated heterocycles. The van der Waals surface area contributed by atoms with Crippen molar-refractivity contribution in [2.45, 2.75) is 58.4 Å². The van der Waals surface area contributed by atoms with Crippen molar-refractivity contribution in [3.63, 3.8) is 0 Å². The first-order chi connectivity index (χ1) is 16.7. The third-order valence-corrected chi connectivity index (χ3v) is 7.14. The molecule has 1 aliphatic carbocycles. The average Bonchev–Trinajstić information content (AvgIpc) is 3.14. The number of halogens is 2. The van der Waals surface area contributed by atoms with Gasteiger partial charge in [-0.2, -0.15) is 5.10 Å². The van der Waals surface area contributed by atoms with E-state index in [-0.39, 0.29) is 17.4 Å². The van der Waals surface area contributed by atoms with Crippen LogP contribution in [0.2, 0.25) is 0 Å². The third-order valence-electron chi connectivity index (χ3n) is 7.14. The number of hydrogen-bond donors (Lipinski definition) is 1. The van der Waals surface area contributed by atoms with E-state index in [1.54, 1.807) is 23.6 Å². The quantitative estimate of drug-likeness (QED) is 0.359. The Bertz CT molecular complexity index is 1440. The average molecular weight is 474 g/mol. The lowest BCUT2D eigenvalue weighted by Crippen LogP contribution is -2.46. The van der Waals surface area contributed by atoms with Crippen molar-refractivity contribution >= 4 is 11.4 Å². The zero-order valence-corrected chi connectivity index (χ0v) is 20.5. The number of nitrogens with zero attached hydrogens (tertiary/aromatic N) is 2. The zero-order valence-electron chi connectivity index (χ0n) is 20.5. The predicted octanol–water partition coefficient (Wildman–Crippen LogP) is 6.69. The molecule has 0 saturated carbocycles. The van der Waals surface area contributed by atoms with E-state index in [0.29, 0.717) is 28.0 Å². The summed E-state index contributed by atoms with van der Waals surface area (Å²) < 4.78 is 31.0. The van der Waals surface area contributed by atoms with Gasteiger partial charge in [0.05, 0.1) is 33.6 Å². The van der Waals surface area contributed by atoms with Gasteiger partial charge < -0.3 is 5.32 Å². The standard InChI is InChI=1S/C29H29F2N3O/c1-17(2)27-20(28(35)32-29(4)16-8-10-19-9-5-6-11-21(19)29)14-15-24-25(18(3)33-34(24)27)26-22(30)12-7-13-23(26)31/h5-7,9,11-15,17H,8,10,16H2,1-4H3,(H,32,35). The number of fused-ring (bicyclic) bond motifs is 2. The minimum absolute atomic E-state index is 0.0523. The van der Waals surface area contributed by atoms with Crippen LogP contribution < -0.4 is 5.32 Å². The zero-order chi connectivity index (χ0) is 24.9. The monoisotopic (exact) mass is 473 g/mol. The largest absolute Gasteiger partial charge is 0.343 e. The number of pyridine rings is 1. The van der Waals surface area contributed by atoms with Crippen LogP contribution in [0, 0.1) is 18.6 Å². The first kappa shape index (κ1) is 23.2. The Morgan fingerprint density at radius 2 is 1.74 bits per heavy atom. The molecule has 35 heavy (non-hydrogen) atoms. The summed E-state index contributed by atoms with van der Waals surface area (Å²) >= 11 is 0. The Kier molecular flexibility index (Phi) is 5.70. The summed E-state index contributed by atoms with van der Waals surface area (Å²) in [5.74, 6) is -1.51. The molecule has 1 atom stereocenters. The van der Waals surface area contributed by atoms with Gasteiger partial charge in [-0.1, -0.05) is 44.2 Å². The first-order valence-corrected chi connectivity index (χ1v) is 12.1. The number of carbonyl (C=O) groups is 1. The van der Waals surface area contributed by atoms with Crippen molar-refractivity contribution in [1.82, 2.24) is 14.9 Å². The molecular weight excluding hydrogens is 444 g/mol. The molecular formula is C29H29F2N3O. The number of aryl methyl sites for hydroxylation is 2. The molecule has 6 heteroatoms. The number of carbonyl (C=O) groups excluding carboxylic acids is 1. The van der Waals surface area contributed by atoms with E-state index in [9.17, 15) is 13.6 Å². The van der Waals surface area contributed by atoms with Gasteiger partial charge in [0, 0.05) is 5.56 Å². The Hall–Kier alpha value is -3.54. The molecule has 4 aromatic rings. The summed E-state index contributed by atoms with van der Waals surface area (Å²) in [5.41, 5.74) is 4.54. The summed E-state index contributed by atoms with van der Waals surface area (Å²) in [4.78, 5) is 13.7. The summed E-state index contributed by atoms with van der Waals surface area (Å²) in [5, 5.41) is 7.94. The van der Waals surface area contributed by atoms with Crippen molar-refractivity contribution in [3.05, 3.63) is 94.3 Å².